The number of amides is 1. The molecular weight excluding hydrogens is 469 g/mol. The number of methoxy groups -OCH3 is 1. The second kappa shape index (κ2) is 10.5. The van der Waals surface area contributed by atoms with Crippen LogP contribution in [0.4, 0.5) is 10.1 Å². The number of hydrogen-bond acceptors (Lipinski definition) is 6. The van der Waals surface area contributed by atoms with E-state index < -0.39 is 26.9 Å². The number of carbonyl (C=O) groups excluding carboxylic acids is 1. The zero-order valence-corrected chi connectivity index (χ0v) is 19.2. The molecule has 2 N–H and O–H groups in total. The van der Waals surface area contributed by atoms with Crippen LogP contribution in [0.3, 0.4) is 0 Å². The van der Waals surface area contributed by atoms with Crippen LogP contribution in [0.1, 0.15) is 15.9 Å². The third kappa shape index (κ3) is 5.50. The number of nitrogens with one attached hydrogen (secondary N) is 2. The van der Waals surface area contributed by atoms with E-state index in [4.69, 9.17) is 16.3 Å². The molecule has 2 aromatic carbocycles. The molecule has 10 heteroatoms. The highest BCUT2D eigenvalue weighted by Gasteiger charge is 2.29. The summed E-state index contributed by atoms with van der Waals surface area (Å²) in [4.78, 5) is 16.6. The van der Waals surface area contributed by atoms with Crippen molar-refractivity contribution in [2.24, 2.45) is 0 Å². The predicted octanol–water partition coefficient (Wildman–Crippen LogP) is 4.21. The summed E-state index contributed by atoms with van der Waals surface area (Å²) in [5.74, 6) is -0.835. The summed E-state index contributed by atoms with van der Waals surface area (Å²) in [6.45, 7) is 3.40. The highest BCUT2D eigenvalue weighted by Crippen LogP contribution is 2.25. The summed E-state index contributed by atoms with van der Waals surface area (Å²) in [5.41, 5.74) is 0.394. The lowest BCUT2D eigenvalue weighted by atomic mass is 10.2. The van der Waals surface area contributed by atoms with E-state index in [0.717, 1.165) is 0 Å². The number of ether oxygens (including phenoxy) is 1. The smallest absolute Gasteiger partial charge is 0.252 e. The number of halogens is 2. The summed E-state index contributed by atoms with van der Waals surface area (Å²) in [6.07, 6.45) is 4.12. The standard InChI is InChI=1S/C23H21ClFN3O4S/c1-3-22(28-15-11-16(32-2)13-26-12-15)33(30,31)21-10-5-4-7-17(21)23(29)27-14-18-19(24)8-6-9-20(18)25/h3-13,22,28H,1,14H2,2H3,(H,27,29). The molecule has 0 aliphatic carbocycles. The van der Waals surface area contributed by atoms with Gasteiger partial charge in [0.25, 0.3) is 5.91 Å². The van der Waals surface area contributed by atoms with Crippen molar-refractivity contribution in [1.29, 1.82) is 0 Å². The van der Waals surface area contributed by atoms with E-state index in [-0.39, 0.29) is 27.6 Å². The maximum Gasteiger partial charge on any atom is 0.252 e. The summed E-state index contributed by atoms with van der Waals surface area (Å²) in [6, 6.07) is 11.5. The number of hydrogen-bond donors (Lipinski definition) is 2. The number of aromatic nitrogens is 1. The molecule has 0 bridgehead atoms. The zero-order valence-electron chi connectivity index (χ0n) is 17.6. The van der Waals surface area contributed by atoms with Crippen LogP contribution in [0.2, 0.25) is 5.02 Å². The molecular formula is C23H21ClFN3O4S. The molecule has 1 aromatic heterocycles. The summed E-state index contributed by atoms with van der Waals surface area (Å²) in [7, 11) is -2.64. The lowest BCUT2D eigenvalue weighted by molar-refractivity contribution is 0.0947. The van der Waals surface area contributed by atoms with Gasteiger partial charge in [0.1, 0.15) is 11.6 Å². The SMILES string of the molecule is C=CC(Nc1cncc(OC)c1)S(=O)(=O)c1ccccc1C(=O)NCc1c(F)cccc1Cl. The Balaban J connectivity index is 1.87. The summed E-state index contributed by atoms with van der Waals surface area (Å²) >= 11 is 6.00. The zero-order chi connectivity index (χ0) is 24.0. The minimum atomic E-state index is -4.10. The Kier molecular flexibility index (Phi) is 7.67. The average Bonchev–Trinajstić information content (AvgIpc) is 2.82. The molecule has 0 aliphatic rings. The van der Waals surface area contributed by atoms with E-state index in [2.05, 4.69) is 22.2 Å². The van der Waals surface area contributed by atoms with Gasteiger partial charge in [0, 0.05) is 23.2 Å². The molecule has 1 heterocycles. The van der Waals surface area contributed by atoms with Crippen molar-refractivity contribution in [3.8, 4) is 5.75 Å². The third-order valence-electron chi connectivity index (χ3n) is 4.73. The number of rotatable bonds is 9. The minimum Gasteiger partial charge on any atom is -0.495 e. The molecule has 7 nitrogen and oxygen atoms in total. The Hall–Kier alpha value is -3.43. The Labute approximate surface area is 196 Å². The molecule has 0 spiro atoms. The van der Waals surface area contributed by atoms with Crippen LogP contribution in [0, 0.1) is 5.82 Å². The van der Waals surface area contributed by atoms with E-state index in [0.29, 0.717) is 11.4 Å². The van der Waals surface area contributed by atoms with Gasteiger partial charge in [-0.25, -0.2) is 12.8 Å². The van der Waals surface area contributed by atoms with Gasteiger partial charge >= 0.3 is 0 Å². The van der Waals surface area contributed by atoms with Crippen LogP contribution >= 0.6 is 11.6 Å². The number of benzene rings is 2. The molecule has 172 valence electrons. The minimum absolute atomic E-state index is 0.0950. The first-order valence-electron chi connectivity index (χ1n) is 9.70. The fraction of sp³-hybridized carbons (Fsp3) is 0.130. The quantitative estimate of drug-likeness (QED) is 0.437. The molecule has 0 aliphatic heterocycles. The van der Waals surface area contributed by atoms with Gasteiger partial charge in [-0.05, 0) is 24.3 Å². The van der Waals surface area contributed by atoms with Crippen molar-refractivity contribution in [3.05, 3.63) is 95.5 Å². The van der Waals surface area contributed by atoms with Gasteiger partial charge in [-0.3, -0.25) is 9.78 Å². The predicted molar refractivity (Wildman–Crippen MR) is 125 cm³/mol. The molecule has 3 aromatic rings. The van der Waals surface area contributed by atoms with Crippen molar-refractivity contribution in [1.82, 2.24) is 10.3 Å². The molecule has 0 saturated heterocycles. The second-order valence-electron chi connectivity index (χ2n) is 6.84. The fourth-order valence-electron chi connectivity index (χ4n) is 3.04. The van der Waals surface area contributed by atoms with E-state index in [1.54, 1.807) is 6.07 Å². The van der Waals surface area contributed by atoms with E-state index in [9.17, 15) is 17.6 Å². The molecule has 0 radical (unpaired) electrons. The van der Waals surface area contributed by atoms with Gasteiger partial charge < -0.3 is 15.4 Å². The van der Waals surface area contributed by atoms with Gasteiger partial charge in [-0.1, -0.05) is 42.5 Å². The number of sulfone groups is 1. The number of nitrogens with zero attached hydrogens (tertiary/aromatic N) is 1. The molecule has 3 rings (SSSR count). The maximum atomic E-state index is 14.0. The van der Waals surface area contributed by atoms with Crippen molar-refractivity contribution in [3.63, 3.8) is 0 Å². The Bertz CT molecular complexity index is 1260. The average molecular weight is 490 g/mol. The first kappa shape index (κ1) is 24.2. The lowest BCUT2D eigenvalue weighted by Gasteiger charge is -2.19. The topological polar surface area (TPSA) is 97.4 Å². The Morgan fingerprint density at radius 3 is 2.70 bits per heavy atom. The first-order valence-corrected chi connectivity index (χ1v) is 11.6. The van der Waals surface area contributed by atoms with Gasteiger partial charge in [-0.2, -0.15) is 0 Å². The van der Waals surface area contributed by atoms with Crippen LogP contribution in [-0.4, -0.2) is 31.8 Å². The first-order chi connectivity index (χ1) is 15.8. The monoisotopic (exact) mass is 489 g/mol. The highest BCUT2D eigenvalue weighted by molar-refractivity contribution is 7.92. The van der Waals surface area contributed by atoms with Crippen LogP contribution in [0.15, 0.2) is 78.5 Å². The largest absolute Gasteiger partial charge is 0.495 e. The summed E-state index contributed by atoms with van der Waals surface area (Å²) < 4.78 is 45.9. The van der Waals surface area contributed by atoms with Crippen LogP contribution in [0.25, 0.3) is 0 Å². The highest BCUT2D eigenvalue weighted by atomic mass is 35.5. The van der Waals surface area contributed by atoms with Crippen molar-refractivity contribution in [2.45, 2.75) is 16.8 Å². The van der Waals surface area contributed by atoms with Crippen LogP contribution < -0.4 is 15.4 Å². The Morgan fingerprint density at radius 1 is 1.24 bits per heavy atom. The summed E-state index contributed by atoms with van der Waals surface area (Å²) in [5, 5.41) is 4.25. The van der Waals surface area contributed by atoms with Gasteiger partial charge in [0.2, 0.25) is 9.84 Å². The van der Waals surface area contributed by atoms with Gasteiger partial charge in [0.05, 0.1) is 35.6 Å². The number of pyridine rings is 1. The molecule has 1 unspecified atom stereocenters. The molecule has 0 fully saturated rings. The Morgan fingerprint density at radius 2 is 2.00 bits per heavy atom. The molecule has 0 saturated carbocycles. The second-order valence-corrected chi connectivity index (χ2v) is 9.28. The third-order valence-corrected chi connectivity index (χ3v) is 7.03. The number of carbonyl (C=O) groups is 1. The fourth-order valence-corrected chi connectivity index (χ4v) is 4.82. The van der Waals surface area contributed by atoms with Crippen molar-refractivity contribution >= 4 is 33.0 Å². The van der Waals surface area contributed by atoms with E-state index in [1.807, 2.05) is 0 Å². The lowest BCUT2D eigenvalue weighted by Crippen LogP contribution is -2.31. The van der Waals surface area contributed by atoms with Gasteiger partial charge in [-0.15, -0.1) is 0 Å². The van der Waals surface area contributed by atoms with Crippen molar-refractivity contribution < 1.29 is 22.3 Å². The molecule has 1 amide bonds. The van der Waals surface area contributed by atoms with Crippen molar-refractivity contribution in [2.75, 3.05) is 12.4 Å². The normalized spacial score (nSPS) is 12.0. The van der Waals surface area contributed by atoms with E-state index in [1.165, 1.54) is 68.0 Å². The number of anilines is 1. The maximum absolute atomic E-state index is 14.0. The molecule has 33 heavy (non-hydrogen) atoms. The molecule has 1 atom stereocenters. The van der Waals surface area contributed by atoms with Gasteiger partial charge in [0.15, 0.2) is 5.37 Å². The van der Waals surface area contributed by atoms with E-state index >= 15 is 0 Å². The van der Waals surface area contributed by atoms with Crippen LogP contribution in [0.5, 0.6) is 5.75 Å². The van der Waals surface area contributed by atoms with Crippen LogP contribution in [-0.2, 0) is 16.4 Å².